The van der Waals surface area contributed by atoms with E-state index < -0.39 is 11.8 Å². The molecule has 10 heteroatoms. The lowest BCUT2D eigenvalue weighted by molar-refractivity contribution is -0.136. The highest BCUT2D eigenvalue weighted by molar-refractivity contribution is 6.40. The smallest absolute Gasteiger partial charge is 0.329 e. The third-order valence-corrected chi connectivity index (χ3v) is 5.92. The molecule has 3 aromatic rings. The number of hydrazone groups is 1. The summed E-state index contributed by atoms with van der Waals surface area (Å²) in [5.74, 6) is -0.841. The highest BCUT2D eigenvalue weighted by atomic mass is 35.5. The number of carbonyl (C=O) groups excluding carboxylic acids is 2. The van der Waals surface area contributed by atoms with Gasteiger partial charge in [0.2, 0.25) is 0 Å². The van der Waals surface area contributed by atoms with Crippen LogP contribution in [-0.4, -0.2) is 24.6 Å². The van der Waals surface area contributed by atoms with Crippen LogP contribution in [0, 0.1) is 6.92 Å². The van der Waals surface area contributed by atoms with Crippen molar-refractivity contribution in [3.05, 3.63) is 86.4 Å². The van der Waals surface area contributed by atoms with Gasteiger partial charge in [0.05, 0.1) is 12.8 Å². The van der Waals surface area contributed by atoms with E-state index in [1.165, 1.54) is 6.21 Å². The summed E-state index contributed by atoms with van der Waals surface area (Å²) in [7, 11) is 0. The van der Waals surface area contributed by atoms with Crippen LogP contribution in [0.5, 0.6) is 11.5 Å². The average molecular weight is 535 g/mol. The van der Waals surface area contributed by atoms with Crippen molar-refractivity contribution in [1.82, 2.24) is 5.43 Å². The number of amides is 2. The van der Waals surface area contributed by atoms with Crippen LogP contribution in [0.25, 0.3) is 0 Å². The van der Waals surface area contributed by atoms with Crippen molar-refractivity contribution >= 4 is 58.5 Å². The van der Waals surface area contributed by atoms with Crippen molar-refractivity contribution in [2.24, 2.45) is 5.10 Å². The molecule has 0 heterocycles. The summed E-state index contributed by atoms with van der Waals surface area (Å²) in [6.45, 7) is 4.14. The Bertz CT molecular complexity index is 1240. The Balaban J connectivity index is 1.63. The molecule has 0 fully saturated rings. The molecule has 0 atom stereocenters. The van der Waals surface area contributed by atoms with E-state index in [1.54, 1.807) is 61.5 Å². The van der Waals surface area contributed by atoms with Crippen molar-refractivity contribution < 1.29 is 19.1 Å². The number of hydrogen-bond acceptors (Lipinski definition) is 5. The minimum Gasteiger partial charge on any atom is -0.490 e. The molecule has 3 aromatic carbocycles. The molecular formula is C25H22Cl3N3O4. The zero-order valence-electron chi connectivity index (χ0n) is 18.9. The van der Waals surface area contributed by atoms with E-state index in [1.807, 2.05) is 6.92 Å². The van der Waals surface area contributed by atoms with E-state index in [4.69, 9.17) is 44.3 Å². The van der Waals surface area contributed by atoms with Crippen molar-refractivity contribution in [2.75, 3.05) is 11.9 Å². The lowest BCUT2D eigenvalue weighted by atomic mass is 10.2. The van der Waals surface area contributed by atoms with Gasteiger partial charge in [-0.3, -0.25) is 9.59 Å². The normalized spacial score (nSPS) is 10.8. The number of carbonyl (C=O) groups is 2. The molecule has 35 heavy (non-hydrogen) atoms. The van der Waals surface area contributed by atoms with Crippen LogP contribution in [0.4, 0.5) is 5.69 Å². The molecule has 3 rings (SSSR count). The zero-order valence-corrected chi connectivity index (χ0v) is 21.2. The highest BCUT2D eigenvalue weighted by Gasteiger charge is 2.15. The largest absolute Gasteiger partial charge is 0.490 e. The minimum absolute atomic E-state index is 0.156. The summed E-state index contributed by atoms with van der Waals surface area (Å²) in [5, 5.41) is 7.84. The molecule has 0 aromatic heterocycles. The maximum absolute atomic E-state index is 12.1. The SMILES string of the molecule is CCOc1cc(C=NNC(=O)C(=O)Nc2cccc(Cl)c2C)ccc1OCc1c(Cl)cccc1Cl. The molecule has 0 radical (unpaired) electrons. The van der Waals surface area contributed by atoms with Gasteiger partial charge in [-0.05, 0) is 67.4 Å². The number of rotatable bonds is 8. The van der Waals surface area contributed by atoms with E-state index in [0.29, 0.717) is 55.6 Å². The lowest BCUT2D eigenvalue weighted by Gasteiger charge is -2.14. The predicted octanol–water partition coefficient (Wildman–Crippen LogP) is 6.02. The first-order valence-corrected chi connectivity index (χ1v) is 11.7. The van der Waals surface area contributed by atoms with E-state index in [9.17, 15) is 9.59 Å². The molecule has 182 valence electrons. The Kier molecular flexibility index (Phi) is 9.37. The molecule has 0 bridgehead atoms. The summed E-state index contributed by atoms with van der Waals surface area (Å²) >= 11 is 18.4. The first-order valence-electron chi connectivity index (χ1n) is 10.5. The van der Waals surface area contributed by atoms with Gasteiger partial charge in [0.15, 0.2) is 11.5 Å². The highest BCUT2D eigenvalue weighted by Crippen LogP contribution is 2.31. The number of nitrogens with zero attached hydrogens (tertiary/aromatic N) is 1. The van der Waals surface area contributed by atoms with Crippen molar-refractivity contribution in [3.63, 3.8) is 0 Å². The second-order valence-electron chi connectivity index (χ2n) is 7.19. The van der Waals surface area contributed by atoms with Crippen LogP contribution in [0.15, 0.2) is 59.7 Å². The monoisotopic (exact) mass is 533 g/mol. The van der Waals surface area contributed by atoms with E-state index >= 15 is 0 Å². The number of ether oxygens (including phenoxy) is 2. The number of nitrogens with one attached hydrogen (secondary N) is 2. The van der Waals surface area contributed by atoms with Gasteiger partial charge >= 0.3 is 11.8 Å². The van der Waals surface area contributed by atoms with Gasteiger partial charge in [0.25, 0.3) is 0 Å². The average Bonchev–Trinajstić information content (AvgIpc) is 2.83. The van der Waals surface area contributed by atoms with Crippen LogP contribution in [0.1, 0.15) is 23.6 Å². The standard InChI is InChI=1S/C25H22Cl3N3O4/c1-3-34-23-12-16(10-11-22(23)35-14-17-19(27)7-4-8-20(17)28)13-29-31-25(33)24(32)30-21-9-5-6-18(26)15(21)2/h4-13H,3,14H2,1-2H3,(H,30,32)(H,31,33). The van der Waals surface area contributed by atoms with Crippen molar-refractivity contribution in [1.29, 1.82) is 0 Å². The Hall–Kier alpha value is -3.26. The molecule has 0 spiro atoms. The third kappa shape index (κ3) is 7.11. The molecule has 2 amide bonds. The fourth-order valence-electron chi connectivity index (χ4n) is 2.95. The van der Waals surface area contributed by atoms with Crippen LogP contribution < -0.4 is 20.2 Å². The molecule has 7 nitrogen and oxygen atoms in total. The molecule has 0 unspecified atom stereocenters. The Morgan fingerprint density at radius 3 is 2.31 bits per heavy atom. The number of anilines is 1. The van der Waals surface area contributed by atoms with Gasteiger partial charge in [-0.15, -0.1) is 0 Å². The van der Waals surface area contributed by atoms with Crippen LogP contribution in [0.2, 0.25) is 15.1 Å². The number of halogens is 3. The second-order valence-corrected chi connectivity index (χ2v) is 8.42. The first-order chi connectivity index (χ1) is 16.8. The molecule has 0 aliphatic heterocycles. The zero-order chi connectivity index (χ0) is 25.4. The summed E-state index contributed by atoms with van der Waals surface area (Å²) in [6.07, 6.45) is 1.38. The Morgan fingerprint density at radius 2 is 1.60 bits per heavy atom. The number of hydrogen-bond donors (Lipinski definition) is 2. The second kappa shape index (κ2) is 12.4. The van der Waals surface area contributed by atoms with Gasteiger partial charge in [-0.2, -0.15) is 5.10 Å². The number of benzene rings is 3. The quantitative estimate of drug-likeness (QED) is 0.210. The molecule has 0 aliphatic carbocycles. The van der Waals surface area contributed by atoms with Gasteiger partial charge in [0, 0.05) is 26.3 Å². The van der Waals surface area contributed by atoms with E-state index in [0.717, 1.165) is 0 Å². The summed E-state index contributed by atoms with van der Waals surface area (Å²) in [4.78, 5) is 24.2. The first kappa shape index (κ1) is 26.3. The topological polar surface area (TPSA) is 89.0 Å². The Labute approximate surface area is 218 Å². The van der Waals surface area contributed by atoms with Crippen LogP contribution >= 0.6 is 34.8 Å². The maximum Gasteiger partial charge on any atom is 0.329 e. The molecular weight excluding hydrogens is 513 g/mol. The van der Waals surface area contributed by atoms with Crippen LogP contribution in [0.3, 0.4) is 0 Å². The lowest BCUT2D eigenvalue weighted by Crippen LogP contribution is -2.32. The predicted molar refractivity (Wildman–Crippen MR) is 139 cm³/mol. The molecule has 0 saturated carbocycles. The third-order valence-electron chi connectivity index (χ3n) is 4.80. The minimum atomic E-state index is -0.928. The van der Waals surface area contributed by atoms with Gasteiger partial charge < -0.3 is 14.8 Å². The van der Waals surface area contributed by atoms with Gasteiger partial charge in [0.1, 0.15) is 6.61 Å². The summed E-state index contributed by atoms with van der Waals surface area (Å²) in [5.41, 5.74) is 4.57. The van der Waals surface area contributed by atoms with Crippen LogP contribution in [-0.2, 0) is 16.2 Å². The molecule has 0 saturated heterocycles. The summed E-state index contributed by atoms with van der Waals surface area (Å²) < 4.78 is 11.5. The fraction of sp³-hybridized carbons (Fsp3) is 0.160. The fourth-order valence-corrected chi connectivity index (χ4v) is 3.63. The maximum atomic E-state index is 12.1. The van der Waals surface area contributed by atoms with Gasteiger partial charge in [-0.25, -0.2) is 5.43 Å². The van der Waals surface area contributed by atoms with Gasteiger partial charge in [-0.1, -0.05) is 46.9 Å². The van der Waals surface area contributed by atoms with E-state index in [-0.39, 0.29) is 6.61 Å². The van der Waals surface area contributed by atoms with Crippen molar-refractivity contribution in [3.8, 4) is 11.5 Å². The molecule has 2 N–H and O–H groups in total. The van der Waals surface area contributed by atoms with E-state index in [2.05, 4.69) is 15.8 Å². The Morgan fingerprint density at radius 1 is 0.914 bits per heavy atom. The summed E-state index contributed by atoms with van der Waals surface area (Å²) in [6, 6.07) is 15.4. The van der Waals surface area contributed by atoms with Crippen molar-refractivity contribution in [2.45, 2.75) is 20.5 Å². The molecule has 0 aliphatic rings.